The molecule has 168 valence electrons. The van der Waals surface area contributed by atoms with Crippen LogP contribution in [0.4, 0.5) is 0 Å². The Balaban J connectivity index is 5.10. The second-order valence-electron chi connectivity index (χ2n) is 7.11. The molecular weight excluding hydrogens is 378 g/mol. The number of aliphatic carboxylic acids is 1. The van der Waals surface area contributed by atoms with Crippen LogP contribution in [0.5, 0.6) is 0 Å². The normalized spacial score (nSPS) is 14.9. The second-order valence-corrected chi connectivity index (χ2v) is 7.11. The average Bonchev–Trinajstić information content (AvgIpc) is 2.66. The topological polar surface area (TPSA) is 212 Å². The van der Waals surface area contributed by atoms with Crippen molar-refractivity contribution in [1.29, 1.82) is 0 Å². The van der Waals surface area contributed by atoms with Crippen molar-refractivity contribution in [3.8, 4) is 0 Å². The fourth-order valence-corrected chi connectivity index (χ4v) is 2.63. The summed E-state index contributed by atoms with van der Waals surface area (Å²) in [7, 11) is 0. The Labute approximate surface area is 172 Å². The summed E-state index contributed by atoms with van der Waals surface area (Å²) in [6.45, 7) is 4.36. The molecule has 0 aromatic heterocycles. The highest BCUT2D eigenvalue weighted by Gasteiger charge is 2.30. The fraction of sp³-hybridized carbons (Fsp3) is 0.778. The standard InChI is InChI=1S/C18H37N7O4/c1-3-11(2)14(17(28)29)25-16(27)13(8-6-10-23-18(21)22)24-15(26)12(20)7-4-5-9-19/h11-14H,3-10,19-20H2,1-2H3,(H,24,26)(H,25,27)(H,28,29)(H4,21,22,23). The zero-order chi connectivity index (χ0) is 22.4. The number of carboxylic acids is 1. The molecule has 0 aliphatic carbocycles. The van der Waals surface area contributed by atoms with Gasteiger partial charge < -0.3 is 38.7 Å². The van der Waals surface area contributed by atoms with Gasteiger partial charge in [-0.3, -0.25) is 14.6 Å². The van der Waals surface area contributed by atoms with Crippen LogP contribution < -0.4 is 33.6 Å². The molecule has 0 heterocycles. The van der Waals surface area contributed by atoms with Gasteiger partial charge >= 0.3 is 5.97 Å². The average molecular weight is 416 g/mol. The second kappa shape index (κ2) is 14.6. The van der Waals surface area contributed by atoms with E-state index in [2.05, 4.69) is 15.6 Å². The van der Waals surface area contributed by atoms with Crippen LogP contribution in [0.25, 0.3) is 0 Å². The summed E-state index contributed by atoms with van der Waals surface area (Å²) >= 11 is 0. The highest BCUT2D eigenvalue weighted by Crippen LogP contribution is 2.09. The largest absolute Gasteiger partial charge is 0.480 e. The summed E-state index contributed by atoms with van der Waals surface area (Å²) in [4.78, 5) is 40.4. The molecule has 0 aromatic carbocycles. The molecule has 0 fully saturated rings. The highest BCUT2D eigenvalue weighted by atomic mass is 16.4. The van der Waals surface area contributed by atoms with Gasteiger partial charge in [0, 0.05) is 6.54 Å². The lowest BCUT2D eigenvalue weighted by Crippen LogP contribution is -2.55. The van der Waals surface area contributed by atoms with Crippen LogP contribution in [-0.4, -0.2) is 60.1 Å². The number of unbranched alkanes of at least 4 members (excludes halogenated alkanes) is 1. The number of rotatable bonds is 15. The molecule has 2 amide bonds. The van der Waals surface area contributed by atoms with Gasteiger partial charge in [-0.25, -0.2) is 4.79 Å². The summed E-state index contributed by atoms with van der Waals surface area (Å²) in [5.74, 6) is -2.52. The molecule has 0 saturated carbocycles. The van der Waals surface area contributed by atoms with Crippen LogP contribution in [0.15, 0.2) is 4.99 Å². The lowest BCUT2D eigenvalue weighted by atomic mass is 9.98. The van der Waals surface area contributed by atoms with Crippen molar-refractivity contribution in [1.82, 2.24) is 10.6 Å². The SMILES string of the molecule is CCC(C)C(NC(=O)C(CCCN=C(N)N)NC(=O)C(N)CCCCN)C(=O)O. The molecule has 0 bridgehead atoms. The fourth-order valence-electron chi connectivity index (χ4n) is 2.63. The first kappa shape index (κ1) is 26.6. The van der Waals surface area contributed by atoms with Crippen molar-refractivity contribution in [3.05, 3.63) is 0 Å². The predicted octanol–water partition coefficient (Wildman–Crippen LogP) is -1.40. The molecular formula is C18H37N7O4. The van der Waals surface area contributed by atoms with Gasteiger partial charge in [-0.05, 0) is 38.1 Å². The van der Waals surface area contributed by atoms with E-state index >= 15 is 0 Å². The molecule has 11 heteroatoms. The van der Waals surface area contributed by atoms with Crippen molar-refractivity contribution < 1.29 is 19.5 Å². The van der Waals surface area contributed by atoms with Crippen LogP contribution in [0.2, 0.25) is 0 Å². The first-order valence-corrected chi connectivity index (χ1v) is 9.98. The minimum Gasteiger partial charge on any atom is -0.480 e. The molecule has 4 unspecified atom stereocenters. The van der Waals surface area contributed by atoms with Crippen molar-refractivity contribution in [2.24, 2.45) is 33.8 Å². The number of nitrogens with one attached hydrogen (secondary N) is 2. The van der Waals surface area contributed by atoms with E-state index in [0.717, 1.165) is 6.42 Å². The number of hydrogen-bond donors (Lipinski definition) is 7. The Kier molecular flexibility index (Phi) is 13.4. The van der Waals surface area contributed by atoms with Gasteiger partial charge in [-0.15, -0.1) is 0 Å². The van der Waals surface area contributed by atoms with Crippen LogP contribution in [-0.2, 0) is 14.4 Å². The lowest BCUT2D eigenvalue weighted by Gasteiger charge is -2.25. The van der Waals surface area contributed by atoms with Gasteiger partial charge in [-0.1, -0.05) is 26.7 Å². The van der Waals surface area contributed by atoms with Crippen molar-refractivity contribution in [2.45, 2.75) is 70.5 Å². The van der Waals surface area contributed by atoms with Crippen LogP contribution in [0.1, 0.15) is 52.4 Å². The van der Waals surface area contributed by atoms with Gasteiger partial charge in [0.05, 0.1) is 6.04 Å². The molecule has 0 spiro atoms. The van der Waals surface area contributed by atoms with Crippen molar-refractivity contribution in [3.63, 3.8) is 0 Å². The molecule has 4 atom stereocenters. The molecule has 0 saturated heterocycles. The number of guanidine groups is 1. The first-order chi connectivity index (χ1) is 13.6. The quantitative estimate of drug-likeness (QED) is 0.0956. The van der Waals surface area contributed by atoms with Crippen molar-refractivity contribution in [2.75, 3.05) is 13.1 Å². The third-order valence-electron chi connectivity index (χ3n) is 4.66. The molecule has 11 N–H and O–H groups in total. The Bertz CT molecular complexity index is 552. The van der Waals surface area contributed by atoms with E-state index in [1.807, 2.05) is 6.92 Å². The minimum atomic E-state index is -1.13. The number of amides is 2. The van der Waals surface area contributed by atoms with Gasteiger partial charge in [-0.2, -0.15) is 0 Å². The van der Waals surface area contributed by atoms with Gasteiger partial charge in [0.25, 0.3) is 0 Å². The third kappa shape index (κ3) is 11.3. The molecule has 0 radical (unpaired) electrons. The molecule has 0 aliphatic heterocycles. The molecule has 0 aromatic rings. The summed E-state index contributed by atoms with van der Waals surface area (Å²) in [6.07, 6.45) is 3.11. The molecule has 29 heavy (non-hydrogen) atoms. The van der Waals surface area contributed by atoms with Gasteiger partial charge in [0.1, 0.15) is 12.1 Å². The molecule has 11 nitrogen and oxygen atoms in total. The van der Waals surface area contributed by atoms with Crippen molar-refractivity contribution >= 4 is 23.7 Å². The van der Waals surface area contributed by atoms with Gasteiger partial charge in [0.15, 0.2) is 5.96 Å². The van der Waals surface area contributed by atoms with Gasteiger partial charge in [0.2, 0.25) is 11.8 Å². The minimum absolute atomic E-state index is 0.0697. The Hall–Kier alpha value is -2.40. The predicted molar refractivity (Wildman–Crippen MR) is 112 cm³/mol. The number of carbonyl (C=O) groups is 3. The summed E-state index contributed by atoms with van der Waals surface area (Å²) in [6, 6.07) is -2.77. The Morgan fingerprint density at radius 2 is 1.69 bits per heavy atom. The van der Waals surface area contributed by atoms with E-state index in [0.29, 0.717) is 32.2 Å². The zero-order valence-corrected chi connectivity index (χ0v) is 17.4. The van der Waals surface area contributed by atoms with E-state index in [4.69, 9.17) is 22.9 Å². The van der Waals surface area contributed by atoms with Crippen LogP contribution in [0.3, 0.4) is 0 Å². The number of carboxylic acid groups (broad SMARTS) is 1. The maximum atomic E-state index is 12.7. The van der Waals surface area contributed by atoms with E-state index in [1.54, 1.807) is 6.92 Å². The number of nitrogens with two attached hydrogens (primary N) is 4. The van der Waals surface area contributed by atoms with Crippen LogP contribution in [0, 0.1) is 5.92 Å². The number of nitrogens with zero attached hydrogens (tertiary/aromatic N) is 1. The number of hydrogen-bond acceptors (Lipinski definition) is 6. The molecule has 0 aliphatic rings. The molecule has 0 rings (SSSR count). The Morgan fingerprint density at radius 1 is 1.03 bits per heavy atom. The third-order valence-corrected chi connectivity index (χ3v) is 4.66. The van der Waals surface area contributed by atoms with E-state index in [1.165, 1.54) is 0 Å². The van der Waals surface area contributed by atoms with E-state index < -0.39 is 35.9 Å². The number of carbonyl (C=O) groups excluding carboxylic acids is 2. The smallest absolute Gasteiger partial charge is 0.326 e. The lowest BCUT2D eigenvalue weighted by molar-refractivity contribution is -0.143. The summed E-state index contributed by atoms with van der Waals surface area (Å²) in [5.41, 5.74) is 21.9. The van der Waals surface area contributed by atoms with E-state index in [-0.39, 0.29) is 24.8 Å². The maximum Gasteiger partial charge on any atom is 0.326 e. The van der Waals surface area contributed by atoms with E-state index in [9.17, 15) is 19.5 Å². The summed E-state index contributed by atoms with van der Waals surface area (Å²) in [5, 5.41) is 14.5. The number of aliphatic imine (C=N–C) groups is 1. The van der Waals surface area contributed by atoms with Crippen LogP contribution >= 0.6 is 0 Å². The highest BCUT2D eigenvalue weighted by molar-refractivity contribution is 5.91. The zero-order valence-electron chi connectivity index (χ0n) is 17.4. The maximum absolute atomic E-state index is 12.7. The summed E-state index contributed by atoms with van der Waals surface area (Å²) < 4.78 is 0. The Morgan fingerprint density at radius 3 is 2.21 bits per heavy atom. The first-order valence-electron chi connectivity index (χ1n) is 9.98. The monoisotopic (exact) mass is 415 g/mol.